The van der Waals surface area contributed by atoms with Gasteiger partial charge in [-0.15, -0.1) is 11.3 Å². The van der Waals surface area contributed by atoms with Gasteiger partial charge < -0.3 is 10.6 Å². The monoisotopic (exact) mass is 377 g/mol. The van der Waals surface area contributed by atoms with Crippen molar-refractivity contribution in [2.75, 3.05) is 16.4 Å². The molecular weight excluding hydrogens is 362 g/mol. The molecule has 1 aliphatic rings. The van der Waals surface area contributed by atoms with E-state index in [9.17, 15) is 18.0 Å². The molecule has 3 N–H and O–H groups in total. The number of nitrogens with one attached hydrogen (secondary N) is 3. The second-order valence-electron chi connectivity index (χ2n) is 5.35. The third-order valence-corrected chi connectivity index (χ3v) is 5.74. The average molecular weight is 377 g/mol. The number of carbonyl (C=O) groups excluding carboxylic acids is 2. The number of anilines is 2. The lowest BCUT2D eigenvalue weighted by molar-refractivity contribution is 0.0951. The van der Waals surface area contributed by atoms with E-state index < -0.39 is 21.9 Å². The van der Waals surface area contributed by atoms with Crippen molar-refractivity contribution in [3.63, 3.8) is 0 Å². The molecule has 3 rings (SSSR count). The van der Waals surface area contributed by atoms with Gasteiger partial charge in [0.1, 0.15) is 0 Å². The number of amides is 3. The highest BCUT2D eigenvalue weighted by molar-refractivity contribution is 7.94. The second kappa shape index (κ2) is 7.08. The summed E-state index contributed by atoms with van der Waals surface area (Å²) in [6, 6.07) is 11.2. The Morgan fingerprint density at radius 2 is 1.80 bits per heavy atom. The Hall–Kier alpha value is -2.65. The molecule has 0 radical (unpaired) electrons. The van der Waals surface area contributed by atoms with Crippen molar-refractivity contribution in [2.45, 2.75) is 6.04 Å². The van der Waals surface area contributed by atoms with Crippen LogP contribution in [-0.2, 0) is 9.84 Å². The van der Waals surface area contributed by atoms with Gasteiger partial charge in [-0.3, -0.25) is 10.1 Å². The zero-order valence-electron chi connectivity index (χ0n) is 12.9. The second-order valence-corrected chi connectivity index (χ2v) is 8.36. The maximum absolute atomic E-state index is 12.1. The van der Waals surface area contributed by atoms with Crippen LogP contribution in [0.2, 0.25) is 0 Å². The fraction of sp³-hybridized carbons (Fsp3) is 0.125. The molecule has 2 heterocycles. The lowest BCUT2D eigenvalue weighted by Gasteiger charge is -2.08. The minimum absolute atomic E-state index is 0.130. The van der Waals surface area contributed by atoms with Crippen molar-refractivity contribution in [1.29, 1.82) is 0 Å². The van der Waals surface area contributed by atoms with Crippen LogP contribution in [0.25, 0.3) is 0 Å². The van der Waals surface area contributed by atoms with Gasteiger partial charge in [-0.05, 0) is 30.3 Å². The highest BCUT2D eigenvalue weighted by Gasteiger charge is 2.24. The topological polar surface area (TPSA) is 104 Å². The molecule has 1 atom stereocenters. The summed E-state index contributed by atoms with van der Waals surface area (Å²) in [5.74, 6) is -0.511. The molecule has 1 unspecified atom stereocenters. The number of hydrogen-bond acceptors (Lipinski definition) is 5. The highest BCUT2D eigenvalue weighted by Crippen LogP contribution is 2.22. The summed E-state index contributed by atoms with van der Waals surface area (Å²) in [4.78, 5) is 24.4. The Balaban J connectivity index is 1.56. The van der Waals surface area contributed by atoms with E-state index in [4.69, 9.17) is 0 Å². The first-order valence-electron chi connectivity index (χ1n) is 7.36. The van der Waals surface area contributed by atoms with Gasteiger partial charge >= 0.3 is 6.03 Å². The van der Waals surface area contributed by atoms with Crippen LogP contribution in [0.3, 0.4) is 0 Å². The molecule has 3 amide bonds. The zero-order valence-corrected chi connectivity index (χ0v) is 14.6. The van der Waals surface area contributed by atoms with Crippen LogP contribution in [0.4, 0.5) is 15.5 Å². The summed E-state index contributed by atoms with van der Waals surface area (Å²) in [5, 5.41) is 9.57. The van der Waals surface area contributed by atoms with E-state index in [1.54, 1.807) is 36.4 Å². The normalized spacial score (nSPS) is 17.8. The molecule has 0 fully saturated rings. The number of thiophene rings is 1. The Kier molecular flexibility index (Phi) is 4.86. The number of para-hydroxylation sites is 1. The third kappa shape index (κ3) is 4.68. The maximum atomic E-state index is 12.1. The number of benzene rings is 1. The Morgan fingerprint density at radius 1 is 1.04 bits per heavy atom. The summed E-state index contributed by atoms with van der Waals surface area (Å²) >= 11 is 1.11. The SMILES string of the molecule is O=C(Nc1ccccc1)Nc1ccc(C(=O)NC2C=CS(=O)(=O)C2)s1. The first-order valence-corrected chi connectivity index (χ1v) is 9.89. The molecule has 7 nitrogen and oxygen atoms in total. The van der Waals surface area contributed by atoms with E-state index in [1.807, 2.05) is 6.07 Å². The van der Waals surface area contributed by atoms with Crippen LogP contribution in [0.15, 0.2) is 53.9 Å². The summed E-state index contributed by atoms with van der Waals surface area (Å²) < 4.78 is 22.7. The van der Waals surface area contributed by atoms with E-state index in [2.05, 4.69) is 16.0 Å². The third-order valence-electron chi connectivity index (χ3n) is 3.34. The molecular formula is C16H15N3O4S2. The molecule has 2 aromatic rings. The molecule has 1 aromatic carbocycles. The predicted octanol–water partition coefficient (Wildman–Crippen LogP) is 2.43. The van der Waals surface area contributed by atoms with E-state index in [1.165, 1.54) is 6.08 Å². The standard InChI is InChI=1S/C16H15N3O4S2/c20-15(17-12-8-9-25(22,23)10-12)13-6-7-14(24-13)19-16(21)18-11-4-2-1-3-5-11/h1-9,12H,10H2,(H,17,20)(H2,18,19,21). The molecule has 1 aliphatic heterocycles. The van der Waals surface area contributed by atoms with Crippen LogP contribution in [0, 0.1) is 0 Å². The molecule has 0 bridgehead atoms. The van der Waals surface area contributed by atoms with Crippen LogP contribution in [-0.4, -0.2) is 32.2 Å². The van der Waals surface area contributed by atoms with Crippen LogP contribution >= 0.6 is 11.3 Å². The first-order chi connectivity index (χ1) is 11.9. The molecule has 0 spiro atoms. The Morgan fingerprint density at radius 3 is 2.48 bits per heavy atom. The Labute approximate surface area is 148 Å². The van der Waals surface area contributed by atoms with Gasteiger partial charge in [0.15, 0.2) is 9.84 Å². The van der Waals surface area contributed by atoms with Crippen molar-refractivity contribution in [3.8, 4) is 0 Å². The first kappa shape index (κ1) is 17.2. The number of carbonyl (C=O) groups is 2. The summed E-state index contributed by atoms with van der Waals surface area (Å²) in [6.45, 7) is 0. The number of hydrogen-bond donors (Lipinski definition) is 3. The number of rotatable bonds is 4. The average Bonchev–Trinajstić information content (AvgIpc) is 3.14. The largest absolute Gasteiger partial charge is 0.344 e. The van der Waals surface area contributed by atoms with Crippen LogP contribution < -0.4 is 16.0 Å². The predicted molar refractivity (Wildman–Crippen MR) is 97.6 cm³/mol. The summed E-state index contributed by atoms with van der Waals surface area (Å²) in [6.07, 6.45) is 1.45. The van der Waals surface area contributed by atoms with Crippen molar-refractivity contribution < 1.29 is 18.0 Å². The molecule has 0 saturated heterocycles. The molecule has 130 valence electrons. The van der Waals surface area contributed by atoms with Gasteiger partial charge in [0.2, 0.25) is 0 Å². The maximum Gasteiger partial charge on any atom is 0.324 e. The van der Waals surface area contributed by atoms with Gasteiger partial charge in [0.25, 0.3) is 5.91 Å². The molecule has 25 heavy (non-hydrogen) atoms. The van der Waals surface area contributed by atoms with Gasteiger partial charge in [-0.2, -0.15) is 0 Å². The van der Waals surface area contributed by atoms with E-state index >= 15 is 0 Å². The summed E-state index contributed by atoms with van der Waals surface area (Å²) in [7, 11) is -3.22. The minimum Gasteiger partial charge on any atom is -0.344 e. The molecule has 9 heteroatoms. The number of urea groups is 1. The minimum atomic E-state index is -3.22. The van der Waals surface area contributed by atoms with Gasteiger partial charge in [-0.1, -0.05) is 18.2 Å². The zero-order chi connectivity index (χ0) is 17.9. The lowest BCUT2D eigenvalue weighted by atomic mass is 10.3. The lowest BCUT2D eigenvalue weighted by Crippen LogP contribution is -2.35. The van der Waals surface area contributed by atoms with Gasteiger partial charge in [0.05, 0.1) is 21.7 Å². The summed E-state index contributed by atoms with van der Waals surface area (Å²) in [5.41, 5.74) is 0.656. The van der Waals surface area contributed by atoms with Gasteiger partial charge in [-0.25, -0.2) is 13.2 Å². The Bertz CT molecular complexity index is 920. The van der Waals surface area contributed by atoms with Crippen LogP contribution in [0.1, 0.15) is 9.67 Å². The van der Waals surface area contributed by atoms with Crippen molar-refractivity contribution >= 4 is 43.8 Å². The molecule has 0 saturated carbocycles. The highest BCUT2D eigenvalue weighted by atomic mass is 32.2. The van der Waals surface area contributed by atoms with Crippen molar-refractivity contribution in [1.82, 2.24) is 5.32 Å². The fourth-order valence-corrected chi connectivity index (χ4v) is 4.27. The van der Waals surface area contributed by atoms with Crippen molar-refractivity contribution in [3.05, 3.63) is 58.8 Å². The van der Waals surface area contributed by atoms with Crippen LogP contribution in [0.5, 0.6) is 0 Å². The van der Waals surface area contributed by atoms with Crippen molar-refractivity contribution in [2.24, 2.45) is 0 Å². The van der Waals surface area contributed by atoms with E-state index in [-0.39, 0.29) is 11.7 Å². The van der Waals surface area contributed by atoms with E-state index in [0.717, 1.165) is 16.7 Å². The fourth-order valence-electron chi connectivity index (χ4n) is 2.23. The molecule has 1 aromatic heterocycles. The number of sulfone groups is 1. The quantitative estimate of drug-likeness (QED) is 0.761. The van der Waals surface area contributed by atoms with E-state index in [0.29, 0.717) is 15.6 Å². The van der Waals surface area contributed by atoms with Gasteiger partial charge in [0, 0.05) is 11.1 Å². The smallest absolute Gasteiger partial charge is 0.324 e. The molecule has 0 aliphatic carbocycles.